The number of methoxy groups -OCH3 is 1. The van der Waals surface area contributed by atoms with Gasteiger partial charge in [0.1, 0.15) is 18.8 Å². The third-order valence-electron chi connectivity index (χ3n) is 14.1. The first-order valence-corrected chi connectivity index (χ1v) is 20.7. The molecular formula is C45H69NO11. The highest BCUT2D eigenvalue weighted by molar-refractivity contribution is 5.74. The second-order valence-corrected chi connectivity index (χ2v) is 18.3. The first kappa shape index (κ1) is 46.2. The van der Waals surface area contributed by atoms with Gasteiger partial charge >= 0.3 is 23.9 Å². The molecule has 1 N–H and O–H groups in total. The Bertz CT molecular complexity index is 1580. The molecule has 1 saturated heterocycles. The molecule has 2 saturated carbocycles. The summed E-state index contributed by atoms with van der Waals surface area (Å²) in [6.45, 7) is 27.3. The van der Waals surface area contributed by atoms with Gasteiger partial charge in [-0.1, -0.05) is 63.6 Å². The van der Waals surface area contributed by atoms with E-state index >= 15 is 0 Å². The van der Waals surface area contributed by atoms with E-state index in [0.29, 0.717) is 12.8 Å². The summed E-state index contributed by atoms with van der Waals surface area (Å²) < 4.78 is 35.1. The van der Waals surface area contributed by atoms with E-state index < -0.39 is 54.5 Å². The summed E-state index contributed by atoms with van der Waals surface area (Å²) in [7, 11) is 1.45. The van der Waals surface area contributed by atoms with E-state index in [0.717, 1.165) is 50.5 Å². The van der Waals surface area contributed by atoms with Crippen molar-refractivity contribution in [3.63, 3.8) is 0 Å². The molecule has 0 aromatic carbocycles. The summed E-state index contributed by atoms with van der Waals surface area (Å²) in [6, 6.07) is -1.03. The van der Waals surface area contributed by atoms with Crippen molar-refractivity contribution >= 4 is 29.8 Å². The van der Waals surface area contributed by atoms with Gasteiger partial charge in [0.25, 0.3) is 0 Å². The fourth-order valence-corrected chi connectivity index (χ4v) is 11.5. The van der Waals surface area contributed by atoms with Gasteiger partial charge in [0.2, 0.25) is 5.91 Å². The topological polar surface area (TPSA) is 153 Å². The van der Waals surface area contributed by atoms with Gasteiger partial charge in [-0.05, 0) is 105 Å². The lowest BCUT2D eigenvalue weighted by molar-refractivity contribution is -0.305. The van der Waals surface area contributed by atoms with Crippen molar-refractivity contribution in [1.29, 1.82) is 0 Å². The molecule has 12 atom stereocenters. The van der Waals surface area contributed by atoms with Crippen molar-refractivity contribution in [1.82, 2.24) is 5.32 Å². The highest BCUT2D eigenvalue weighted by atomic mass is 16.7. The van der Waals surface area contributed by atoms with E-state index in [4.69, 9.17) is 28.4 Å². The van der Waals surface area contributed by atoms with Gasteiger partial charge in [0, 0.05) is 34.1 Å². The number of allylic oxidation sites excluding steroid dienone is 4. The highest BCUT2D eigenvalue weighted by Gasteiger charge is 2.59. The Morgan fingerprint density at radius 1 is 0.912 bits per heavy atom. The third kappa shape index (κ3) is 10.2. The Balaban J connectivity index is 1.63. The molecule has 0 aromatic rings. The van der Waals surface area contributed by atoms with Crippen molar-refractivity contribution in [3.05, 3.63) is 36.0 Å². The Labute approximate surface area is 340 Å². The van der Waals surface area contributed by atoms with Crippen LogP contribution in [0.2, 0.25) is 0 Å². The average Bonchev–Trinajstić information content (AvgIpc) is 3.10. The maximum atomic E-state index is 12.6. The smallest absolute Gasteiger partial charge is 0.305 e. The first-order chi connectivity index (χ1) is 26.6. The largest absolute Gasteiger partial charge is 0.469 e. The highest BCUT2D eigenvalue weighted by Crippen LogP contribution is 2.63. The number of carbonyl (C=O) groups is 5. The molecule has 4 aliphatic rings. The van der Waals surface area contributed by atoms with Crippen LogP contribution < -0.4 is 5.32 Å². The van der Waals surface area contributed by atoms with Crippen molar-refractivity contribution < 1.29 is 52.4 Å². The van der Waals surface area contributed by atoms with Crippen LogP contribution in [0.5, 0.6) is 0 Å². The number of esters is 4. The molecule has 1 heterocycles. The Morgan fingerprint density at radius 3 is 2.12 bits per heavy atom. The Morgan fingerprint density at radius 2 is 1.54 bits per heavy atom. The Hall–Kier alpha value is -3.51. The van der Waals surface area contributed by atoms with Crippen LogP contribution in [0.25, 0.3) is 0 Å². The van der Waals surface area contributed by atoms with E-state index in [1.807, 2.05) is 0 Å². The number of amides is 1. The summed E-state index contributed by atoms with van der Waals surface area (Å²) in [6.07, 6.45) is 4.84. The first-order valence-electron chi connectivity index (χ1n) is 20.7. The molecule has 320 valence electrons. The molecule has 0 radical (unpaired) electrons. The van der Waals surface area contributed by atoms with Crippen molar-refractivity contribution in [2.45, 2.75) is 164 Å². The molecule has 0 spiro atoms. The maximum absolute atomic E-state index is 12.6. The lowest BCUT2D eigenvalue weighted by atomic mass is 9.46. The van der Waals surface area contributed by atoms with E-state index in [9.17, 15) is 24.0 Å². The fraction of sp³-hybridized carbons (Fsp3) is 0.756. The molecule has 0 bridgehead atoms. The summed E-state index contributed by atoms with van der Waals surface area (Å²) in [5, 5.41) is 2.84. The third-order valence-corrected chi connectivity index (χ3v) is 14.1. The molecule has 12 nitrogen and oxygen atoms in total. The van der Waals surface area contributed by atoms with E-state index in [-0.39, 0.29) is 58.6 Å². The molecule has 0 unspecified atom stereocenters. The average molecular weight is 800 g/mol. The SMILES string of the molecule is C=C(C)[C@@H]1CC=C(C)[C@H](CC[C@H]2C(=C)CC[C@H]3C(C)(C)[C@@H](O[C@@H]4O[C@H](COC(C)=O)[C@@H](OC(C)=O)[C@H](OC(C)=O)[C@H]4NC(C)=O)CC[C@]23C)[C@@]1(C)CCC(=O)OC. The second-order valence-electron chi connectivity index (χ2n) is 18.3. The summed E-state index contributed by atoms with van der Waals surface area (Å²) >= 11 is 0. The minimum atomic E-state index is -1.19. The van der Waals surface area contributed by atoms with Crippen LogP contribution >= 0.6 is 0 Å². The van der Waals surface area contributed by atoms with Gasteiger partial charge in [0.15, 0.2) is 18.5 Å². The summed E-state index contributed by atoms with van der Waals surface area (Å²) in [5.74, 6) is -1.43. The van der Waals surface area contributed by atoms with Crippen LogP contribution in [-0.4, -0.2) is 80.2 Å². The van der Waals surface area contributed by atoms with Crippen molar-refractivity contribution in [3.8, 4) is 0 Å². The summed E-state index contributed by atoms with van der Waals surface area (Å²) in [5.41, 5.74) is 3.21. The standard InChI is InChI=1S/C45H69NO11/c1-25(2)32-16-14-26(3)33(44(32,11)23-21-38(51)52-13)17-18-34-27(4)15-19-36-43(9,10)37(20-22-45(34,36)12)57-42-39(46-28(5)47)41(55-31(8)50)40(54-30(7)49)35(56-42)24-53-29(6)48/h14,32-37,39-42H,1,4,15-24H2,2-3,5-13H3,(H,46,47)/t32-,33-,34-,35+,36-,37-,39+,40+,41+,42-,44-,45+/m0/s1. The van der Waals surface area contributed by atoms with Crippen LogP contribution in [-0.2, 0) is 52.4 Å². The quantitative estimate of drug-likeness (QED) is 0.0814. The van der Waals surface area contributed by atoms with Crippen LogP contribution in [0, 0.1) is 39.9 Å². The number of nitrogens with one attached hydrogen (secondary N) is 1. The summed E-state index contributed by atoms with van der Waals surface area (Å²) in [4.78, 5) is 61.6. The molecular weight excluding hydrogens is 730 g/mol. The van der Waals surface area contributed by atoms with E-state index in [1.54, 1.807) is 0 Å². The number of hydrogen-bond acceptors (Lipinski definition) is 11. The molecule has 4 rings (SSSR count). The molecule has 0 aromatic heterocycles. The number of ether oxygens (including phenoxy) is 6. The van der Waals surface area contributed by atoms with Crippen LogP contribution in [0.4, 0.5) is 0 Å². The molecule has 12 heteroatoms. The number of hydrogen-bond donors (Lipinski definition) is 1. The van der Waals surface area contributed by atoms with Crippen molar-refractivity contribution in [2.75, 3.05) is 13.7 Å². The van der Waals surface area contributed by atoms with Gasteiger partial charge in [0.05, 0.1) is 13.2 Å². The van der Waals surface area contributed by atoms with Crippen molar-refractivity contribution in [2.24, 2.45) is 39.9 Å². The predicted molar refractivity (Wildman–Crippen MR) is 214 cm³/mol. The minimum Gasteiger partial charge on any atom is -0.469 e. The monoisotopic (exact) mass is 799 g/mol. The second kappa shape index (κ2) is 18.6. The predicted octanol–water partition coefficient (Wildman–Crippen LogP) is 7.33. The lowest BCUT2D eigenvalue weighted by Gasteiger charge is -2.61. The zero-order valence-corrected chi connectivity index (χ0v) is 36.3. The number of fused-ring (bicyclic) bond motifs is 1. The minimum absolute atomic E-state index is 0.0792. The Kier molecular flexibility index (Phi) is 15.1. The molecule has 3 aliphatic carbocycles. The zero-order chi connectivity index (χ0) is 42.6. The molecule has 3 fully saturated rings. The van der Waals surface area contributed by atoms with Crippen LogP contribution in [0.1, 0.15) is 127 Å². The van der Waals surface area contributed by atoms with Crippen LogP contribution in [0.3, 0.4) is 0 Å². The van der Waals surface area contributed by atoms with Gasteiger partial charge in [-0.2, -0.15) is 0 Å². The fourth-order valence-electron chi connectivity index (χ4n) is 11.5. The number of rotatable bonds is 14. The van der Waals surface area contributed by atoms with E-state index in [2.05, 4.69) is 66.1 Å². The lowest BCUT2D eigenvalue weighted by Crippen LogP contribution is -2.67. The van der Waals surface area contributed by atoms with Gasteiger partial charge in [-0.25, -0.2) is 0 Å². The van der Waals surface area contributed by atoms with Gasteiger partial charge in [-0.15, -0.1) is 0 Å². The number of carbonyl (C=O) groups excluding carboxylic acids is 5. The van der Waals surface area contributed by atoms with Gasteiger partial charge < -0.3 is 33.7 Å². The normalized spacial score (nSPS) is 36.1. The van der Waals surface area contributed by atoms with E-state index in [1.165, 1.54) is 46.0 Å². The van der Waals surface area contributed by atoms with Crippen LogP contribution in [0.15, 0.2) is 36.0 Å². The molecule has 57 heavy (non-hydrogen) atoms. The molecule has 1 amide bonds. The zero-order valence-electron chi connectivity index (χ0n) is 36.3. The molecule has 1 aliphatic heterocycles. The maximum Gasteiger partial charge on any atom is 0.305 e. The van der Waals surface area contributed by atoms with Gasteiger partial charge in [-0.3, -0.25) is 24.0 Å².